The largest absolute Gasteiger partial charge is 0.285 e. The van der Waals surface area contributed by atoms with E-state index in [1.807, 2.05) is 11.3 Å². The first-order valence-corrected chi connectivity index (χ1v) is 11.2. The Morgan fingerprint density at radius 3 is 1.93 bits per heavy atom. The Hall–Kier alpha value is -3.21. The monoisotopic (exact) mass is 406 g/mol. The molecule has 0 amide bonds. The summed E-state index contributed by atoms with van der Waals surface area (Å²) in [5.74, 6) is 0. The third-order valence-corrected chi connectivity index (χ3v) is 7.80. The minimum Gasteiger partial charge on any atom is -0.285 e. The van der Waals surface area contributed by atoms with Gasteiger partial charge < -0.3 is 0 Å². The van der Waals surface area contributed by atoms with E-state index >= 15 is 0 Å². The second-order valence-electron chi connectivity index (χ2n) is 7.25. The van der Waals surface area contributed by atoms with E-state index in [1.54, 1.807) is 11.3 Å². The van der Waals surface area contributed by atoms with Crippen LogP contribution in [0, 0.1) is 0 Å². The lowest BCUT2D eigenvalue weighted by molar-refractivity contribution is 1.15. The molecule has 3 heterocycles. The maximum Gasteiger partial charge on any atom is 0.195 e. The molecule has 4 heteroatoms. The van der Waals surface area contributed by atoms with Gasteiger partial charge >= 0.3 is 0 Å². The van der Waals surface area contributed by atoms with Gasteiger partial charge in [-0.25, -0.2) is 4.98 Å². The van der Waals surface area contributed by atoms with Gasteiger partial charge in [-0.1, -0.05) is 65.9 Å². The number of benzene rings is 4. The van der Waals surface area contributed by atoms with E-state index in [0.29, 0.717) is 0 Å². The smallest absolute Gasteiger partial charge is 0.195 e. The molecule has 0 spiro atoms. The SMILES string of the molecule is c1ccc2c(c1)sc1ccc3sc(-n4c5ccccc5c5ccccc54)nc3c12. The molecule has 4 aromatic carbocycles. The molecule has 0 N–H and O–H groups in total. The normalized spacial score (nSPS) is 12.1. The highest BCUT2D eigenvalue weighted by Crippen LogP contribution is 2.41. The molecule has 0 radical (unpaired) electrons. The maximum atomic E-state index is 5.19. The Morgan fingerprint density at radius 1 is 0.552 bits per heavy atom. The fourth-order valence-corrected chi connectivity index (χ4v) is 6.52. The van der Waals surface area contributed by atoms with Gasteiger partial charge in [0.2, 0.25) is 0 Å². The van der Waals surface area contributed by atoms with Crippen molar-refractivity contribution in [2.45, 2.75) is 0 Å². The van der Waals surface area contributed by atoms with Crippen molar-refractivity contribution in [1.29, 1.82) is 0 Å². The van der Waals surface area contributed by atoms with Gasteiger partial charge in [0.1, 0.15) is 0 Å². The fourth-order valence-electron chi connectivity index (χ4n) is 4.41. The molecular weight excluding hydrogens is 392 g/mol. The Balaban J connectivity index is 1.63. The number of nitrogens with zero attached hydrogens (tertiary/aromatic N) is 2. The van der Waals surface area contributed by atoms with E-state index in [9.17, 15) is 0 Å². The lowest BCUT2D eigenvalue weighted by Gasteiger charge is -2.02. The van der Waals surface area contributed by atoms with Crippen LogP contribution >= 0.6 is 22.7 Å². The Labute approximate surface area is 174 Å². The summed E-state index contributed by atoms with van der Waals surface area (Å²) in [6.45, 7) is 0. The summed E-state index contributed by atoms with van der Waals surface area (Å²) < 4.78 is 6.17. The fraction of sp³-hybridized carbons (Fsp3) is 0. The minimum atomic E-state index is 1.03. The molecule has 7 aromatic rings. The average Bonchev–Trinajstić information content (AvgIpc) is 3.44. The quantitative estimate of drug-likeness (QED) is 0.272. The third-order valence-electron chi connectivity index (χ3n) is 5.66. The number of para-hydroxylation sites is 2. The zero-order valence-electron chi connectivity index (χ0n) is 15.3. The van der Waals surface area contributed by atoms with Crippen LogP contribution in [-0.4, -0.2) is 9.55 Å². The van der Waals surface area contributed by atoms with Gasteiger partial charge in [0.05, 0.1) is 21.3 Å². The number of rotatable bonds is 1. The molecule has 7 rings (SSSR count). The van der Waals surface area contributed by atoms with E-state index < -0.39 is 0 Å². The van der Waals surface area contributed by atoms with Crippen LogP contribution in [0.1, 0.15) is 0 Å². The summed E-state index contributed by atoms with van der Waals surface area (Å²) in [5.41, 5.74) is 3.53. The summed E-state index contributed by atoms with van der Waals surface area (Å²) in [7, 11) is 0. The second kappa shape index (κ2) is 5.66. The van der Waals surface area contributed by atoms with E-state index in [-0.39, 0.29) is 0 Å². The highest BCUT2D eigenvalue weighted by Gasteiger charge is 2.17. The molecule has 0 aliphatic rings. The van der Waals surface area contributed by atoms with Crippen molar-refractivity contribution < 1.29 is 0 Å². The third kappa shape index (κ3) is 2.07. The number of aromatic nitrogens is 2. The molecule has 136 valence electrons. The maximum absolute atomic E-state index is 5.19. The summed E-state index contributed by atoms with van der Waals surface area (Å²) in [5, 5.41) is 6.16. The van der Waals surface area contributed by atoms with Gasteiger partial charge in [0, 0.05) is 30.9 Å². The minimum absolute atomic E-state index is 1.03. The van der Waals surface area contributed by atoms with Gasteiger partial charge in [-0.2, -0.15) is 0 Å². The molecule has 0 aliphatic carbocycles. The lowest BCUT2D eigenvalue weighted by atomic mass is 10.1. The van der Waals surface area contributed by atoms with Crippen LogP contribution in [0.25, 0.3) is 57.3 Å². The molecule has 0 unspecified atom stereocenters. The van der Waals surface area contributed by atoms with Crippen LogP contribution in [0.4, 0.5) is 0 Å². The number of hydrogen-bond acceptors (Lipinski definition) is 3. The van der Waals surface area contributed by atoms with Crippen molar-refractivity contribution in [3.8, 4) is 5.13 Å². The summed E-state index contributed by atoms with van der Waals surface area (Å²) in [4.78, 5) is 5.19. The van der Waals surface area contributed by atoms with Crippen LogP contribution in [0.2, 0.25) is 0 Å². The highest BCUT2D eigenvalue weighted by molar-refractivity contribution is 7.26. The molecule has 0 saturated carbocycles. The Bertz CT molecular complexity index is 1660. The molecule has 0 fully saturated rings. The van der Waals surface area contributed by atoms with Crippen molar-refractivity contribution in [3.63, 3.8) is 0 Å². The predicted octanol–water partition coefficient (Wildman–Crippen LogP) is 7.76. The molecule has 29 heavy (non-hydrogen) atoms. The van der Waals surface area contributed by atoms with Crippen molar-refractivity contribution >= 4 is 74.9 Å². The zero-order chi connectivity index (χ0) is 18.9. The first kappa shape index (κ1) is 15.7. The second-order valence-corrected chi connectivity index (χ2v) is 9.34. The van der Waals surface area contributed by atoms with Gasteiger partial charge in [-0.3, -0.25) is 4.57 Å². The van der Waals surface area contributed by atoms with Crippen LogP contribution in [0.5, 0.6) is 0 Å². The lowest BCUT2D eigenvalue weighted by Crippen LogP contribution is -1.92. The van der Waals surface area contributed by atoms with Gasteiger partial charge in [-0.15, -0.1) is 11.3 Å². The zero-order valence-corrected chi connectivity index (χ0v) is 16.9. The highest BCUT2D eigenvalue weighted by atomic mass is 32.1. The van der Waals surface area contributed by atoms with Crippen molar-refractivity contribution in [2.75, 3.05) is 0 Å². The first-order chi connectivity index (χ1) is 14.4. The average molecular weight is 407 g/mol. The van der Waals surface area contributed by atoms with Crippen molar-refractivity contribution in [3.05, 3.63) is 84.9 Å². The summed E-state index contributed by atoms with van der Waals surface area (Å²) in [6.07, 6.45) is 0. The van der Waals surface area contributed by atoms with Gasteiger partial charge in [0.25, 0.3) is 0 Å². The van der Waals surface area contributed by atoms with E-state index in [1.165, 1.54) is 46.7 Å². The molecule has 0 bridgehead atoms. The molecule has 0 saturated heterocycles. The van der Waals surface area contributed by atoms with Crippen LogP contribution in [0.3, 0.4) is 0 Å². The molecular formula is C25H14N2S2. The van der Waals surface area contributed by atoms with Crippen molar-refractivity contribution in [2.24, 2.45) is 0 Å². The van der Waals surface area contributed by atoms with Crippen LogP contribution in [0.15, 0.2) is 84.9 Å². The molecule has 2 nitrogen and oxygen atoms in total. The van der Waals surface area contributed by atoms with Gasteiger partial charge in [-0.05, 0) is 30.3 Å². The Kier molecular flexibility index (Phi) is 3.06. The number of fused-ring (bicyclic) bond motifs is 8. The first-order valence-electron chi connectivity index (χ1n) is 9.58. The molecule has 3 aromatic heterocycles. The van der Waals surface area contributed by atoms with E-state index in [2.05, 4.69) is 89.5 Å². The van der Waals surface area contributed by atoms with Crippen molar-refractivity contribution in [1.82, 2.24) is 9.55 Å². The van der Waals surface area contributed by atoms with E-state index in [4.69, 9.17) is 4.98 Å². The summed E-state index contributed by atoms with van der Waals surface area (Å²) in [6, 6.07) is 30.3. The number of thiazole rings is 1. The topological polar surface area (TPSA) is 17.8 Å². The van der Waals surface area contributed by atoms with Crippen LogP contribution < -0.4 is 0 Å². The molecule has 0 atom stereocenters. The molecule has 0 aliphatic heterocycles. The van der Waals surface area contributed by atoms with Gasteiger partial charge in [0.15, 0.2) is 5.13 Å². The standard InChI is InChI=1S/C25H14N2S2/c1-4-10-18-15(7-1)16-8-2-5-11-19(16)27(18)25-26-24-22(29-25)14-13-21-23(24)17-9-3-6-12-20(17)28-21/h1-14H. The number of thiophene rings is 1. The van der Waals surface area contributed by atoms with Crippen LogP contribution in [-0.2, 0) is 0 Å². The van der Waals surface area contributed by atoms with E-state index in [0.717, 1.165) is 10.6 Å². The predicted molar refractivity (Wildman–Crippen MR) is 127 cm³/mol. The Morgan fingerprint density at radius 2 is 1.17 bits per heavy atom. The summed E-state index contributed by atoms with van der Waals surface area (Å²) >= 11 is 3.61. The number of hydrogen-bond donors (Lipinski definition) is 0.